The lowest BCUT2D eigenvalue weighted by Crippen LogP contribution is -2.48. The van der Waals surface area contributed by atoms with Crippen LogP contribution in [0.5, 0.6) is 0 Å². The maximum absolute atomic E-state index is 11.4. The number of rotatable bonds is 5. The predicted molar refractivity (Wildman–Crippen MR) is 60.1 cm³/mol. The molecular weight excluding hydrogens is 216 g/mol. The maximum atomic E-state index is 11.4. The minimum absolute atomic E-state index is 0.0374. The van der Waals surface area contributed by atoms with E-state index in [1.54, 1.807) is 6.92 Å². The molecule has 0 aromatic carbocycles. The van der Waals surface area contributed by atoms with Crippen LogP contribution in [0.4, 0.5) is 0 Å². The molecule has 0 aliphatic carbocycles. The van der Waals surface area contributed by atoms with E-state index in [2.05, 4.69) is 5.32 Å². The molecule has 0 saturated carbocycles. The van der Waals surface area contributed by atoms with Crippen LogP contribution in [0.25, 0.3) is 0 Å². The minimum Gasteiger partial charge on any atom is -0.351 e. The number of nitrogens with two attached hydrogens (primary N) is 1. The summed E-state index contributed by atoms with van der Waals surface area (Å²) in [6.45, 7) is 5.32. The van der Waals surface area contributed by atoms with E-state index < -0.39 is 21.9 Å². The van der Waals surface area contributed by atoms with Gasteiger partial charge in [0.25, 0.3) is 0 Å². The summed E-state index contributed by atoms with van der Waals surface area (Å²) in [5.41, 5.74) is 5.61. The van der Waals surface area contributed by atoms with Gasteiger partial charge in [0.1, 0.15) is 9.84 Å². The molecule has 0 heterocycles. The molecule has 0 aliphatic heterocycles. The van der Waals surface area contributed by atoms with E-state index in [9.17, 15) is 13.2 Å². The third-order valence-electron chi connectivity index (χ3n) is 1.96. The molecule has 0 aromatic rings. The molecule has 0 saturated heterocycles. The third-order valence-corrected chi connectivity index (χ3v) is 3.07. The highest BCUT2D eigenvalue weighted by molar-refractivity contribution is 7.90. The molecule has 1 unspecified atom stereocenters. The Bertz CT molecular complexity index is 311. The molecule has 0 bridgehead atoms. The molecule has 5 nitrogen and oxygen atoms in total. The normalized spacial score (nSPS) is 16.1. The Morgan fingerprint density at radius 2 is 1.80 bits per heavy atom. The predicted octanol–water partition coefficient (Wildman–Crippen LogP) is -0.481. The Kier molecular flexibility index (Phi) is 5.23. The van der Waals surface area contributed by atoms with Crippen molar-refractivity contribution in [3.05, 3.63) is 0 Å². The van der Waals surface area contributed by atoms with E-state index in [4.69, 9.17) is 5.73 Å². The topological polar surface area (TPSA) is 89.3 Å². The third kappa shape index (κ3) is 6.46. The monoisotopic (exact) mass is 236 g/mol. The molecule has 0 rings (SSSR count). The van der Waals surface area contributed by atoms with Crippen molar-refractivity contribution in [3.8, 4) is 0 Å². The van der Waals surface area contributed by atoms with Crippen molar-refractivity contribution in [2.45, 2.75) is 32.9 Å². The summed E-state index contributed by atoms with van der Waals surface area (Å²) in [7, 11) is -3.07. The molecule has 15 heavy (non-hydrogen) atoms. The number of carbonyl (C=O) groups is 1. The van der Waals surface area contributed by atoms with Gasteiger partial charge in [-0.3, -0.25) is 4.79 Å². The molecule has 0 aliphatic rings. The fourth-order valence-electron chi connectivity index (χ4n) is 1.14. The fourth-order valence-corrected chi connectivity index (χ4v) is 2.13. The van der Waals surface area contributed by atoms with Gasteiger partial charge in [-0.1, -0.05) is 13.8 Å². The molecule has 6 heteroatoms. The standard InChI is InChI=1S/C9H20N2O3S/c1-6(2)8(10)9(12)11-7(3)5-15(4,13)14/h6-8H,5,10H2,1-4H3,(H,11,12)/t7?,8-/m1/s1. The van der Waals surface area contributed by atoms with Crippen LogP contribution in [0.1, 0.15) is 20.8 Å². The number of amides is 1. The first kappa shape index (κ1) is 14.4. The van der Waals surface area contributed by atoms with E-state index in [-0.39, 0.29) is 17.6 Å². The summed E-state index contributed by atoms with van der Waals surface area (Å²) in [6.07, 6.45) is 1.14. The van der Waals surface area contributed by atoms with Crippen molar-refractivity contribution in [3.63, 3.8) is 0 Å². The number of sulfone groups is 1. The highest BCUT2D eigenvalue weighted by Gasteiger charge is 2.20. The molecule has 1 amide bonds. The molecule has 0 spiro atoms. The first-order valence-corrected chi connectivity index (χ1v) is 6.93. The smallest absolute Gasteiger partial charge is 0.237 e. The van der Waals surface area contributed by atoms with Crippen LogP contribution in [0, 0.1) is 5.92 Å². The molecule has 0 radical (unpaired) electrons. The molecular formula is C9H20N2O3S. The first-order valence-electron chi connectivity index (χ1n) is 4.87. The van der Waals surface area contributed by atoms with Crippen LogP contribution < -0.4 is 11.1 Å². The summed E-state index contributed by atoms with van der Waals surface area (Å²) in [6, 6.07) is -0.996. The highest BCUT2D eigenvalue weighted by atomic mass is 32.2. The lowest BCUT2D eigenvalue weighted by atomic mass is 10.0. The lowest BCUT2D eigenvalue weighted by molar-refractivity contribution is -0.123. The second kappa shape index (κ2) is 5.46. The van der Waals surface area contributed by atoms with Gasteiger partial charge in [-0.2, -0.15) is 0 Å². The van der Waals surface area contributed by atoms with Gasteiger partial charge >= 0.3 is 0 Å². The molecule has 0 aromatic heterocycles. The van der Waals surface area contributed by atoms with Gasteiger partial charge < -0.3 is 11.1 Å². The second-order valence-corrected chi connectivity index (χ2v) is 6.46. The first-order chi connectivity index (χ1) is 6.63. The van der Waals surface area contributed by atoms with E-state index in [0.717, 1.165) is 6.26 Å². The van der Waals surface area contributed by atoms with Gasteiger partial charge in [-0.15, -0.1) is 0 Å². The van der Waals surface area contributed by atoms with Crippen LogP contribution in [0.3, 0.4) is 0 Å². The largest absolute Gasteiger partial charge is 0.351 e. The summed E-state index contributed by atoms with van der Waals surface area (Å²) in [4.78, 5) is 11.4. The SMILES string of the molecule is CC(CS(C)(=O)=O)NC(=O)[C@H](N)C(C)C. The van der Waals surface area contributed by atoms with Crippen LogP contribution in [0.15, 0.2) is 0 Å². The Morgan fingerprint density at radius 1 is 1.33 bits per heavy atom. The quantitative estimate of drug-likeness (QED) is 0.674. The number of hydrogen-bond donors (Lipinski definition) is 2. The zero-order chi connectivity index (χ0) is 12.2. The Balaban J connectivity index is 4.19. The van der Waals surface area contributed by atoms with E-state index in [1.165, 1.54) is 0 Å². The Labute approximate surface area is 91.3 Å². The van der Waals surface area contributed by atoms with Gasteiger partial charge in [-0.05, 0) is 12.8 Å². The lowest BCUT2D eigenvalue weighted by Gasteiger charge is -2.19. The zero-order valence-corrected chi connectivity index (χ0v) is 10.5. The summed E-state index contributed by atoms with van der Waals surface area (Å²) >= 11 is 0. The molecule has 90 valence electrons. The minimum atomic E-state index is -3.07. The van der Waals surface area contributed by atoms with Gasteiger partial charge in [-0.25, -0.2) is 8.42 Å². The molecule has 0 fully saturated rings. The van der Waals surface area contributed by atoms with Crippen molar-refractivity contribution >= 4 is 15.7 Å². The van der Waals surface area contributed by atoms with Crippen molar-refractivity contribution in [2.24, 2.45) is 11.7 Å². The van der Waals surface area contributed by atoms with E-state index in [0.29, 0.717) is 0 Å². The van der Waals surface area contributed by atoms with Crippen molar-refractivity contribution in [1.82, 2.24) is 5.32 Å². The fraction of sp³-hybridized carbons (Fsp3) is 0.889. The van der Waals surface area contributed by atoms with Crippen molar-refractivity contribution in [1.29, 1.82) is 0 Å². The highest BCUT2D eigenvalue weighted by Crippen LogP contribution is 1.99. The molecule has 3 N–H and O–H groups in total. The van der Waals surface area contributed by atoms with Gasteiger partial charge in [0.15, 0.2) is 0 Å². The summed E-state index contributed by atoms with van der Waals surface area (Å²) in [5.74, 6) is -0.333. The Morgan fingerprint density at radius 3 is 2.13 bits per heavy atom. The molecule has 2 atom stereocenters. The maximum Gasteiger partial charge on any atom is 0.237 e. The summed E-state index contributed by atoms with van der Waals surface area (Å²) in [5, 5.41) is 2.57. The second-order valence-electron chi connectivity index (χ2n) is 4.27. The zero-order valence-electron chi connectivity index (χ0n) is 9.65. The average Bonchev–Trinajstić information content (AvgIpc) is 1.98. The Hall–Kier alpha value is -0.620. The van der Waals surface area contributed by atoms with E-state index in [1.807, 2.05) is 13.8 Å². The number of hydrogen-bond acceptors (Lipinski definition) is 4. The van der Waals surface area contributed by atoms with Gasteiger partial charge in [0.05, 0.1) is 11.8 Å². The number of carbonyl (C=O) groups excluding carboxylic acids is 1. The van der Waals surface area contributed by atoms with Crippen LogP contribution >= 0.6 is 0 Å². The van der Waals surface area contributed by atoms with Gasteiger partial charge in [0.2, 0.25) is 5.91 Å². The van der Waals surface area contributed by atoms with Crippen LogP contribution in [-0.2, 0) is 14.6 Å². The average molecular weight is 236 g/mol. The van der Waals surface area contributed by atoms with E-state index >= 15 is 0 Å². The number of nitrogens with one attached hydrogen (secondary N) is 1. The van der Waals surface area contributed by atoms with Crippen LogP contribution in [0.2, 0.25) is 0 Å². The summed E-state index contributed by atoms with van der Waals surface area (Å²) < 4.78 is 21.9. The van der Waals surface area contributed by atoms with Crippen molar-refractivity contribution in [2.75, 3.05) is 12.0 Å². The van der Waals surface area contributed by atoms with Crippen molar-refractivity contribution < 1.29 is 13.2 Å². The van der Waals surface area contributed by atoms with Gasteiger partial charge in [0, 0.05) is 12.3 Å². The van der Waals surface area contributed by atoms with Crippen LogP contribution in [-0.4, -0.2) is 38.4 Å².